The molecule has 51 heavy (non-hydrogen) atoms. The third kappa shape index (κ3) is 4.87. The first kappa shape index (κ1) is 29.5. The van der Waals surface area contributed by atoms with E-state index in [-0.39, 0.29) is 0 Å². The van der Waals surface area contributed by atoms with Gasteiger partial charge in [-0.05, 0) is 112 Å². The summed E-state index contributed by atoms with van der Waals surface area (Å²) in [6.45, 7) is 2.37. The van der Waals surface area contributed by atoms with Gasteiger partial charge in [0, 0.05) is 33.2 Å². The van der Waals surface area contributed by atoms with Gasteiger partial charge in [0.2, 0.25) is 0 Å². The summed E-state index contributed by atoms with van der Waals surface area (Å²) < 4.78 is 4.88. The first-order valence-electron chi connectivity index (χ1n) is 17.9. The lowest BCUT2D eigenvalue weighted by atomic mass is 9.90. The van der Waals surface area contributed by atoms with Crippen LogP contribution in [0.4, 0.5) is 0 Å². The Labute approximate surface area is 298 Å². The van der Waals surface area contributed by atoms with Gasteiger partial charge in [-0.2, -0.15) is 0 Å². The molecule has 2 heterocycles. The van der Waals surface area contributed by atoms with Gasteiger partial charge in [0.05, 0.1) is 16.6 Å². The van der Waals surface area contributed by atoms with Crippen molar-refractivity contribution in [1.82, 2.24) is 9.13 Å². The highest BCUT2D eigenvalue weighted by Crippen LogP contribution is 2.42. The maximum atomic E-state index is 2.47. The van der Waals surface area contributed by atoms with Crippen LogP contribution in [0.25, 0.3) is 83.5 Å². The molecule has 9 aromatic rings. The summed E-state index contributed by atoms with van der Waals surface area (Å²) in [4.78, 5) is 0. The smallest absolute Gasteiger partial charge is 0.0541 e. The van der Waals surface area contributed by atoms with Crippen LogP contribution in [0.2, 0.25) is 0 Å². The fourth-order valence-corrected chi connectivity index (χ4v) is 8.32. The molecule has 2 aromatic heterocycles. The van der Waals surface area contributed by atoms with E-state index in [0.29, 0.717) is 5.92 Å². The molecule has 0 spiro atoms. The summed E-state index contributed by atoms with van der Waals surface area (Å²) in [6, 6.07) is 62.1. The van der Waals surface area contributed by atoms with Crippen LogP contribution in [-0.4, -0.2) is 9.13 Å². The quantitative estimate of drug-likeness (QED) is 0.175. The molecule has 0 bridgehead atoms. The van der Waals surface area contributed by atoms with Crippen molar-refractivity contribution < 1.29 is 0 Å². The Morgan fingerprint density at radius 1 is 0.412 bits per heavy atom. The number of hydrogen-bond acceptors (Lipinski definition) is 0. The fourth-order valence-electron chi connectivity index (χ4n) is 8.32. The van der Waals surface area contributed by atoms with E-state index in [0.717, 1.165) is 6.42 Å². The summed E-state index contributed by atoms with van der Waals surface area (Å²) in [7, 11) is 0. The van der Waals surface area contributed by atoms with Crippen LogP contribution in [-0.2, 0) is 0 Å². The number of para-hydroxylation sites is 1. The molecule has 0 saturated carbocycles. The van der Waals surface area contributed by atoms with Gasteiger partial charge in [-0.15, -0.1) is 0 Å². The molecule has 7 aromatic carbocycles. The van der Waals surface area contributed by atoms with E-state index < -0.39 is 0 Å². The Kier molecular flexibility index (Phi) is 6.89. The van der Waals surface area contributed by atoms with E-state index in [4.69, 9.17) is 0 Å². The van der Waals surface area contributed by atoms with Crippen molar-refractivity contribution in [3.05, 3.63) is 187 Å². The summed E-state index contributed by atoms with van der Waals surface area (Å²) in [6.07, 6.45) is 5.72. The van der Waals surface area contributed by atoms with Crippen LogP contribution in [0.1, 0.15) is 30.5 Å². The zero-order chi connectivity index (χ0) is 33.9. The van der Waals surface area contributed by atoms with Gasteiger partial charge in [-0.25, -0.2) is 0 Å². The second-order valence-electron chi connectivity index (χ2n) is 13.8. The van der Waals surface area contributed by atoms with E-state index in [9.17, 15) is 0 Å². The van der Waals surface area contributed by atoms with E-state index in [1.165, 1.54) is 88.7 Å². The van der Waals surface area contributed by atoms with Gasteiger partial charge in [0.15, 0.2) is 0 Å². The molecule has 10 rings (SSSR count). The van der Waals surface area contributed by atoms with Crippen LogP contribution in [0.3, 0.4) is 0 Å². The van der Waals surface area contributed by atoms with Crippen LogP contribution in [0.15, 0.2) is 176 Å². The molecule has 0 N–H and O–H groups in total. The SMILES string of the molecule is CC1CC=Cc2c1c1cc(-c3ccc4c(c3)c3ccccc3n4-c3cccc(-c4ccccc4)c3)ccc1n2-c1cccc(-c2ccccc2)c1. The Morgan fingerprint density at radius 2 is 0.922 bits per heavy atom. The molecule has 0 saturated heterocycles. The average Bonchev–Trinajstić information content (AvgIpc) is 3.71. The van der Waals surface area contributed by atoms with Gasteiger partial charge in [0.1, 0.15) is 0 Å². The number of rotatable bonds is 5. The summed E-state index contributed by atoms with van der Waals surface area (Å²) in [5.74, 6) is 0.438. The number of aromatic nitrogens is 2. The van der Waals surface area contributed by atoms with Gasteiger partial charge in [-0.3, -0.25) is 0 Å². The molecule has 0 radical (unpaired) electrons. The van der Waals surface area contributed by atoms with Gasteiger partial charge in [-0.1, -0.05) is 128 Å². The van der Waals surface area contributed by atoms with E-state index in [2.05, 4.69) is 198 Å². The molecule has 0 fully saturated rings. The molecular weight excluding hydrogens is 617 g/mol. The Balaban J connectivity index is 1.12. The Hall–Kier alpha value is -6.38. The predicted molar refractivity (Wildman–Crippen MR) is 216 cm³/mol. The predicted octanol–water partition coefficient (Wildman–Crippen LogP) is 13.2. The summed E-state index contributed by atoms with van der Waals surface area (Å²) in [5, 5.41) is 3.87. The number of benzene rings is 7. The number of fused-ring (bicyclic) bond motifs is 6. The molecule has 1 aliphatic rings. The number of hydrogen-bond donors (Lipinski definition) is 0. The van der Waals surface area contributed by atoms with E-state index in [1.54, 1.807) is 0 Å². The minimum Gasteiger partial charge on any atom is -0.310 e. The first-order chi connectivity index (χ1) is 25.2. The molecule has 0 amide bonds. The van der Waals surface area contributed by atoms with E-state index >= 15 is 0 Å². The third-order valence-corrected chi connectivity index (χ3v) is 10.7. The van der Waals surface area contributed by atoms with Crippen molar-refractivity contribution in [3.63, 3.8) is 0 Å². The molecular formula is C49H36N2. The molecule has 1 aliphatic carbocycles. The second-order valence-corrected chi connectivity index (χ2v) is 13.8. The highest BCUT2D eigenvalue weighted by molar-refractivity contribution is 6.10. The van der Waals surface area contributed by atoms with Crippen molar-refractivity contribution in [2.24, 2.45) is 0 Å². The van der Waals surface area contributed by atoms with Crippen LogP contribution in [0, 0.1) is 0 Å². The topological polar surface area (TPSA) is 9.86 Å². The summed E-state index contributed by atoms with van der Waals surface area (Å²) >= 11 is 0. The maximum absolute atomic E-state index is 2.47. The Bertz CT molecular complexity index is 2780. The molecule has 1 atom stereocenters. The zero-order valence-electron chi connectivity index (χ0n) is 28.5. The van der Waals surface area contributed by atoms with Crippen LogP contribution in [0.5, 0.6) is 0 Å². The normalized spacial score (nSPS) is 14.0. The lowest BCUT2D eigenvalue weighted by Gasteiger charge is -2.17. The lowest BCUT2D eigenvalue weighted by Crippen LogP contribution is -2.03. The Morgan fingerprint density at radius 3 is 1.59 bits per heavy atom. The van der Waals surface area contributed by atoms with Crippen molar-refractivity contribution in [2.45, 2.75) is 19.3 Å². The molecule has 1 unspecified atom stereocenters. The van der Waals surface area contributed by atoms with Crippen molar-refractivity contribution in [1.29, 1.82) is 0 Å². The third-order valence-electron chi connectivity index (χ3n) is 10.7. The largest absolute Gasteiger partial charge is 0.310 e. The average molecular weight is 653 g/mol. The minimum absolute atomic E-state index is 0.438. The molecule has 242 valence electrons. The second kappa shape index (κ2) is 11.9. The van der Waals surface area contributed by atoms with Crippen molar-refractivity contribution >= 4 is 38.8 Å². The first-order valence-corrected chi connectivity index (χ1v) is 17.9. The number of allylic oxidation sites excluding steroid dienone is 1. The van der Waals surface area contributed by atoms with Crippen LogP contribution >= 0.6 is 0 Å². The van der Waals surface area contributed by atoms with Gasteiger partial charge < -0.3 is 9.13 Å². The number of nitrogens with zero attached hydrogens (tertiary/aromatic N) is 2. The van der Waals surface area contributed by atoms with Crippen LogP contribution < -0.4 is 0 Å². The van der Waals surface area contributed by atoms with Crippen molar-refractivity contribution in [3.8, 4) is 44.8 Å². The minimum atomic E-state index is 0.438. The maximum Gasteiger partial charge on any atom is 0.0541 e. The fraction of sp³-hybridized carbons (Fsp3) is 0.0612. The zero-order valence-corrected chi connectivity index (χ0v) is 28.5. The molecule has 2 nitrogen and oxygen atoms in total. The highest BCUT2D eigenvalue weighted by atomic mass is 15.0. The van der Waals surface area contributed by atoms with Gasteiger partial charge in [0.25, 0.3) is 0 Å². The standard InChI is InChI=1S/C49H36N2/c1-33-13-10-24-48-49(33)44-32-39(26-28-47(44)51(48)41-21-12-19-37(30-41)35-16-6-3-7-17-35)38-25-27-46-43(31-38)42-22-8-9-23-45(42)50(46)40-20-11-18-36(29-40)34-14-4-2-5-15-34/h2-12,14-33H,13H2,1H3. The molecule has 0 aliphatic heterocycles. The van der Waals surface area contributed by atoms with Gasteiger partial charge >= 0.3 is 0 Å². The molecule has 2 heteroatoms. The lowest BCUT2D eigenvalue weighted by molar-refractivity contribution is 0.773. The summed E-state index contributed by atoms with van der Waals surface area (Å²) in [5.41, 5.74) is 16.2. The van der Waals surface area contributed by atoms with E-state index in [1.807, 2.05) is 0 Å². The monoisotopic (exact) mass is 652 g/mol. The van der Waals surface area contributed by atoms with Crippen molar-refractivity contribution in [2.75, 3.05) is 0 Å². The highest BCUT2D eigenvalue weighted by Gasteiger charge is 2.24.